The van der Waals surface area contributed by atoms with Crippen LogP contribution in [0.25, 0.3) is 0 Å². The fourth-order valence-electron chi connectivity index (χ4n) is 10.5. The zero-order valence-corrected chi connectivity index (χ0v) is 51.0. The summed E-state index contributed by atoms with van der Waals surface area (Å²) in [5.74, 6) is -5.06. The Morgan fingerprint density at radius 1 is 0.576 bits per heavy atom. The monoisotopic (exact) mass is 1190 g/mol. The number of primary amides is 2. The molecule has 0 unspecified atom stereocenters. The van der Waals surface area contributed by atoms with Crippen molar-refractivity contribution >= 4 is 47.1 Å². The van der Waals surface area contributed by atoms with Crippen LogP contribution >= 0.6 is 0 Å². The number of aliphatic hydroxyl groups excluding tert-OH is 2. The normalized spacial score (nSPS) is 31.7. The van der Waals surface area contributed by atoms with Crippen LogP contribution in [-0.4, -0.2) is 161 Å². The van der Waals surface area contributed by atoms with Crippen molar-refractivity contribution in [3.8, 4) is 0 Å². The summed E-state index contributed by atoms with van der Waals surface area (Å²) < 4.78 is 33.7. The first-order valence-electron chi connectivity index (χ1n) is 28.6. The number of aliphatic hydroxyl groups is 2. The molecule has 0 fully saturated rings. The van der Waals surface area contributed by atoms with E-state index in [9.17, 15) is 48.6 Å². The molecule has 2 aliphatic heterocycles. The standard InChI is InChI=1S/C62H89N7O16/c1-33-25-41-51(45(70)31-43(55(41)74)68-59(76)35(3)17-13-19-47(80-9)57(84-61(63)78)39(7)29-37(5)53(72)49(27-33)82-11)66-23-15-21-65-22-16-24-67-52-42-26-34(2)28-50(83-12)54(73)38(6)30-40(8)58(85-62(64)79)48(81-10)20-14-18-36(4)60(77)69-44(56(42)75)32-46(52)71/h13-14,17-20,29-34,37-38,47-50,53-54,57-58,65-67,72-73H,15-16,21-28H2,1-12H3,(H2,63,78)(H2,64,79)(H,68,76)(H,69,77)/b19-13-,20-14+,35-17+,36-18-,39-29+,40-30+/t33-,34-,37+,38+,47+,48+,49+,50+,53-,54-,57+,58+/m1/s1. The summed E-state index contributed by atoms with van der Waals surface area (Å²) in [6.07, 6.45) is 7.30. The zero-order valence-electron chi connectivity index (χ0n) is 51.0. The van der Waals surface area contributed by atoms with Gasteiger partial charge in [0.15, 0.2) is 12.2 Å². The number of nitrogens with one attached hydrogen (secondary N) is 5. The van der Waals surface area contributed by atoms with E-state index in [-0.39, 0.29) is 95.7 Å². The van der Waals surface area contributed by atoms with Crippen LogP contribution in [0.2, 0.25) is 0 Å². The van der Waals surface area contributed by atoms with Gasteiger partial charge in [-0.05, 0) is 102 Å². The van der Waals surface area contributed by atoms with Gasteiger partial charge < -0.3 is 76.7 Å². The number of fused-ring (bicyclic) bond motifs is 4. The number of rotatable bonds is 16. The number of carbonyl (C=O) groups is 8. The van der Waals surface area contributed by atoms with Gasteiger partial charge in [-0.15, -0.1) is 0 Å². The Hall–Kier alpha value is -7.12. The number of methoxy groups -OCH3 is 4. The van der Waals surface area contributed by atoms with Gasteiger partial charge in [0.2, 0.25) is 23.1 Å². The summed E-state index contributed by atoms with van der Waals surface area (Å²) in [5, 5.41) is 38.0. The summed E-state index contributed by atoms with van der Waals surface area (Å²) in [4.78, 5) is 107. The van der Waals surface area contributed by atoms with Crippen LogP contribution in [0.3, 0.4) is 0 Å². The molecular weight excluding hydrogens is 1100 g/mol. The summed E-state index contributed by atoms with van der Waals surface area (Å²) in [6.45, 7) is 15.3. The van der Waals surface area contributed by atoms with Crippen LogP contribution in [0.1, 0.15) is 93.9 Å². The minimum Gasteiger partial charge on any atom is -0.439 e. The lowest BCUT2D eigenvalue weighted by molar-refractivity contribution is -0.120. The van der Waals surface area contributed by atoms with Crippen molar-refractivity contribution in [1.29, 1.82) is 0 Å². The zero-order chi connectivity index (χ0) is 63.2. The first-order valence-corrected chi connectivity index (χ1v) is 28.6. The van der Waals surface area contributed by atoms with Gasteiger partial charge in [-0.3, -0.25) is 28.8 Å². The number of ketones is 4. The van der Waals surface area contributed by atoms with Gasteiger partial charge in [-0.1, -0.05) is 76.3 Å². The molecule has 0 aromatic rings. The third-order valence-electron chi connectivity index (χ3n) is 15.3. The van der Waals surface area contributed by atoms with Gasteiger partial charge in [0.1, 0.15) is 12.2 Å². The SMILES string of the molecule is CO[C@H]1/C=C\C=C(/C)C(=O)NC2=CC(=O)C(NCCCNCCCNC3=C4C[C@@H](C)C[C@H](OC)[C@H](O)[C@@H](C)/C=C(\C)[C@H](OC(N)=O)[C@@H](OC)/C=C/C=C(/C)C(=O)NC(=CC3=O)C4=O)=C(C[C@@H](C)C[C@H](OC)[C@H](O)[C@@H](C)/C=C(\C)[C@@H]1OC(N)=O)C2=O. The Balaban J connectivity index is 1.48. The number of nitrogens with two attached hydrogens (primary N) is 2. The Kier molecular flexibility index (Phi) is 28.3. The smallest absolute Gasteiger partial charge is 0.405 e. The summed E-state index contributed by atoms with van der Waals surface area (Å²) in [6, 6.07) is 0. The molecule has 0 spiro atoms. The molecule has 0 aromatic carbocycles. The molecule has 11 N–H and O–H groups in total. The highest BCUT2D eigenvalue weighted by atomic mass is 16.6. The van der Waals surface area contributed by atoms with E-state index in [2.05, 4.69) is 26.6 Å². The highest BCUT2D eigenvalue weighted by molar-refractivity contribution is 6.24. The Morgan fingerprint density at radius 3 is 1.27 bits per heavy atom. The van der Waals surface area contributed by atoms with Crippen molar-refractivity contribution in [2.45, 2.75) is 143 Å². The highest BCUT2D eigenvalue weighted by Gasteiger charge is 2.36. The minimum absolute atomic E-state index is 0.0940. The van der Waals surface area contributed by atoms with Crippen molar-refractivity contribution in [3.63, 3.8) is 0 Å². The molecule has 0 saturated heterocycles. The number of hydrogen-bond acceptors (Lipinski definition) is 19. The quantitative estimate of drug-likeness (QED) is 0.0597. The number of carbonyl (C=O) groups excluding carboxylic acids is 8. The molecule has 23 heteroatoms. The lowest BCUT2D eigenvalue weighted by Gasteiger charge is -2.30. The molecule has 468 valence electrons. The van der Waals surface area contributed by atoms with E-state index >= 15 is 0 Å². The molecule has 4 rings (SSSR count). The van der Waals surface area contributed by atoms with Crippen molar-refractivity contribution in [1.82, 2.24) is 26.6 Å². The third kappa shape index (κ3) is 20.5. The van der Waals surface area contributed by atoms with E-state index in [1.54, 1.807) is 52.0 Å². The second-order valence-corrected chi connectivity index (χ2v) is 22.2. The van der Waals surface area contributed by atoms with E-state index in [0.717, 1.165) is 12.2 Å². The molecule has 4 bridgehead atoms. The molecule has 23 nitrogen and oxygen atoms in total. The molecule has 12 atom stereocenters. The first-order chi connectivity index (χ1) is 40.3. The fraction of sp³-hybridized carbons (Fsp3) is 0.548. The summed E-state index contributed by atoms with van der Waals surface area (Å²) >= 11 is 0. The van der Waals surface area contributed by atoms with E-state index in [1.165, 1.54) is 66.6 Å². The number of hydrogen-bond donors (Lipinski definition) is 9. The summed E-state index contributed by atoms with van der Waals surface area (Å²) in [7, 11) is 5.76. The maximum atomic E-state index is 14.2. The molecule has 0 aromatic heterocycles. The largest absolute Gasteiger partial charge is 0.439 e. The van der Waals surface area contributed by atoms with Crippen molar-refractivity contribution in [2.75, 3.05) is 54.6 Å². The molecule has 4 aliphatic rings. The van der Waals surface area contributed by atoms with Gasteiger partial charge in [-0.2, -0.15) is 0 Å². The highest BCUT2D eigenvalue weighted by Crippen LogP contribution is 2.31. The van der Waals surface area contributed by atoms with Gasteiger partial charge in [-0.25, -0.2) is 9.59 Å². The van der Waals surface area contributed by atoms with Crippen LogP contribution in [-0.2, 0) is 57.2 Å². The maximum absolute atomic E-state index is 14.2. The predicted molar refractivity (Wildman–Crippen MR) is 317 cm³/mol. The Labute approximate surface area is 498 Å². The van der Waals surface area contributed by atoms with Crippen LogP contribution in [0.4, 0.5) is 9.59 Å². The lowest BCUT2D eigenvalue weighted by Crippen LogP contribution is -2.38. The van der Waals surface area contributed by atoms with Crippen LogP contribution < -0.4 is 38.1 Å². The second-order valence-electron chi connectivity index (χ2n) is 22.2. The van der Waals surface area contributed by atoms with E-state index < -0.39 is 108 Å². The molecular formula is C62H89N7O16. The number of Topliss-reactive ketones (excluding diaryl/α,β-unsaturated/α-hetero) is 2. The molecule has 0 saturated carbocycles. The number of allylic oxidation sites excluding steroid dienone is 8. The summed E-state index contributed by atoms with van der Waals surface area (Å²) in [5.41, 5.74) is 12.4. The van der Waals surface area contributed by atoms with Crippen LogP contribution in [0, 0.1) is 23.7 Å². The van der Waals surface area contributed by atoms with E-state index in [0.29, 0.717) is 37.1 Å². The van der Waals surface area contributed by atoms with Crippen LogP contribution in [0.5, 0.6) is 0 Å². The third-order valence-corrected chi connectivity index (χ3v) is 15.3. The van der Waals surface area contributed by atoms with Crippen LogP contribution in [0.15, 0.2) is 117 Å². The van der Waals surface area contributed by atoms with Gasteiger partial charge in [0, 0.05) is 87.8 Å². The Morgan fingerprint density at radius 2 is 0.941 bits per heavy atom. The molecule has 4 amide bonds. The lowest BCUT2D eigenvalue weighted by atomic mass is 9.85. The second kappa shape index (κ2) is 34.1. The number of ether oxygens (including phenoxy) is 6. The van der Waals surface area contributed by atoms with Crippen molar-refractivity contribution in [3.05, 3.63) is 117 Å². The number of amides is 4. The average Bonchev–Trinajstić information content (AvgIpc) is 3.61. The van der Waals surface area contributed by atoms with Gasteiger partial charge >= 0.3 is 12.2 Å². The van der Waals surface area contributed by atoms with Gasteiger partial charge in [0.25, 0.3) is 11.8 Å². The van der Waals surface area contributed by atoms with Crippen molar-refractivity contribution in [2.24, 2.45) is 35.1 Å². The maximum Gasteiger partial charge on any atom is 0.405 e. The molecule has 2 aliphatic carbocycles. The fourth-order valence-corrected chi connectivity index (χ4v) is 10.5. The molecule has 0 radical (unpaired) electrons. The predicted octanol–water partition coefficient (Wildman–Crippen LogP) is 4.09. The topological polar surface area (TPSA) is 345 Å². The van der Waals surface area contributed by atoms with Gasteiger partial charge in [0.05, 0.1) is 47.2 Å². The molecule has 2 heterocycles. The first kappa shape index (κ1) is 70.4. The Bertz CT molecular complexity index is 2600. The minimum atomic E-state index is -1.05. The molecule has 85 heavy (non-hydrogen) atoms. The van der Waals surface area contributed by atoms with Crippen molar-refractivity contribution < 1.29 is 77.0 Å². The van der Waals surface area contributed by atoms with E-state index in [4.69, 9.17) is 39.9 Å². The van der Waals surface area contributed by atoms with E-state index in [1.807, 2.05) is 13.8 Å². The average molecular weight is 1190 g/mol.